The largest absolute Gasteiger partial charge is 0.493 e. The van der Waals surface area contributed by atoms with Gasteiger partial charge in [-0.3, -0.25) is 9.69 Å². The average Bonchev–Trinajstić information content (AvgIpc) is 3.06. The minimum Gasteiger partial charge on any atom is -0.493 e. The van der Waals surface area contributed by atoms with Crippen molar-refractivity contribution in [2.75, 3.05) is 32.0 Å². The van der Waals surface area contributed by atoms with Gasteiger partial charge in [0, 0.05) is 10.6 Å². The number of amides is 1. The smallest absolute Gasteiger partial charge is 0.340 e. The number of thioether (sulfide) groups is 1. The number of methoxy groups -OCH3 is 2. The molecule has 2 aromatic carbocycles. The number of rotatable bonds is 8. The van der Waals surface area contributed by atoms with Crippen molar-refractivity contribution < 1.29 is 23.8 Å². The fourth-order valence-electron chi connectivity index (χ4n) is 3.45. The molecule has 0 bridgehead atoms. The number of esters is 1. The minimum atomic E-state index is -0.566. The van der Waals surface area contributed by atoms with Crippen LogP contribution in [-0.4, -0.2) is 39.0 Å². The first-order valence-electron chi connectivity index (χ1n) is 9.86. The van der Waals surface area contributed by atoms with Crippen molar-refractivity contribution in [1.82, 2.24) is 0 Å². The number of carbonyl (C=O) groups excluding carboxylic acids is 2. The van der Waals surface area contributed by atoms with E-state index in [1.165, 1.54) is 19.1 Å². The zero-order chi connectivity index (χ0) is 23.3. The highest BCUT2D eigenvalue weighted by atomic mass is 32.2. The molecule has 0 saturated carbocycles. The van der Waals surface area contributed by atoms with Crippen LogP contribution in [0.5, 0.6) is 11.5 Å². The highest BCUT2D eigenvalue weighted by Gasteiger charge is 2.38. The molecule has 0 aromatic heterocycles. The van der Waals surface area contributed by atoms with Crippen LogP contribution in [0.15, 0.2) is 76.9 Å². The summed E-state index contributed by atoms with van der Waals surface area (Å²) >= 11 is 1.58. The normalized spacial score (nSPS) is 14.7. The summed E-state index contributed by atoms with van der Waals surface area (Å²) in [6, 6.07) is 12.9. The maximum absolute atomic E-state index is 13.4. The summed E-state index contributed by atoms with van der Waals surface area (Å²) in [5.41, 5.74) is 2.38. The van der Waals surface area contributed by atoms with Crippen molar-refractivity contribution in [3.8, 4) is 11.5 Å². The molecule has 3 rings (SSSR count). The Morgan fingerprint density at radius 2 is 1.94 bits per heavy atom. The SMILES string of the molecule is C=CCOc1ccc(/C=C2\C(=O)N(c3cccc(SC)c3)C(C)=C2C(=O)OC)cc1OC. The van der Waals surface area contributed by atoms with Gasteiger partial charge in [0.05, 0.1) is 31.1 Å². The predicted octanol–water partition coefficient (Wildman–Crippen LogP) is 4.86. The van der Waals surface area contributed by atoms with Crippen molar-refractivity contribution >= 4 is 35.4 Å². The van der Waals surface area contributed by atoms with E-state index in [-0.39, 0.29) is 17.1 Å². The fourth-order valence-corrected chi connectivity index (χ4v) is 3.90. The molecular weight excluding hydrogens is 426 g/mol. The van der Waals surface area contributed by atoms with Crippen molar-refractivity contribution in [3.63, 3.8) is 0 Å². The predicted molar refractivity (Wildman–Crippen MR) is 127 cm³/mol. The molecule has 0 aliphatic carbocycles. The van der Waals surface area contributed by atoms with Gasteiger partial charge in [-0.25, -0.2) is 4.79 Å². The molecule has 1 heterocycles. The van der Waals surface area contributed by atoms with E-state index in [9.17, 15) is 9.59 Å². The second-order valence-corrected chi connectivity index (χ2v) is 7.74. The zero-order valence-corrected chi connectivity index (χ0v) is 19.3. The van der Waals surface area contributed by atoms with Gasteiger partial charge >= 0.3 is 5.97 Å². The Bertz CT molecular complexity index is 1120. The van der Waals surface area contributed by atoms with Crippen LogP contribution in [0.2, 0.25) is 0 Å². The monoisotopic (exact) mass is 451 g/mol. The van der Waals surface area contributed by atoms with Crippen molar-refractivity contribution in [3.05, 3.63) is 77.5 Å². The first kappa shape index (κ1) is 23.2. The van der Waals surface area contributed by atoms with E-state index in [0.29, 0.717) is 35.1 Å². The highest BCUT2D eigenvalue weighted by Crippen LogP contribution is 2.37. The summed E-state index contributed by atoms with van der Waals surface area (Å²) in [5.74, 6) is 0.204. The molecule has 0 fully saturated rings. The van der Waals surface area contributed by atoms with Gasteiger partial charge < -0.3 is 14.2 Å². The standard InChI is InChI=1S/C25H25NO5S/c1-6-12-31-21-11-10-17(14-22(21)29-3)13-20-23(25(28)30-4)16(2)26(24(20)27)18-8-7-9-19(15-18)32-5/h6-11,13-15H,1,12H2,2-5H3/b20-13-. The third-order valence-corrected chi connectivity index (χ3v) is 5.68. The summed E-state index contributed by atoms with van der Waals surface area (Å²) in [5, 5.41) is 0. The average molecular weight is 452 g/mol. The summed E-state index contributed by atoms with van der Waals surface area (Å²) in [6.07, 6.45) is 5.27. The van der Waals surface area contributed by atoms with E-state index in [2.05, 4.69) is 6.58 Å². The lowest BCUT2D eigenvalue weighted by atomic mass is 10.0. The summed E-state index contributed by atoms with van der Waals surface area (Å²) in [6.45, 7) is 5.72. The van der Waals surface area contributed by atoms with Crippen molar-refractivity contribution in [1.29, 1.82) is 0 Å². The molecule has 0 saturated heterocycles. The molecule has 0 radical (unpaired) electrons. The maximum Gasteiger partial charge on any atom is 0.340 e. The molecule has 0 unspecified atom stereocenters. The summed E-state index contributed by atoms with van der Waals surface area (Å²) in [4.78, 5) is 28.6. The van der Waals surface area contributed by atoms with E-state index in [0.717, 1.165) is 4.90 Å². The molecule has 0 atom stereocenters. The quantitative estimate of drug-likeness (QED) is 0.247. The van der Waals surface area contributed by atoms with Crippen LogP contribution in [0.25, 0.3) is 6.08 Å². The third-order valence-electron chi connectivity index (χ3n) is 4.96. The maximum atomic E-state index is 13.4. The Morgan fingerprint density at radius 3 is 2.59 bits per heavy atom. The summed E-state index contributed by atoms with van der Waals surface area (Å²) < 4.78 is 16.0. The van der Waals surface area contributed by atoms with Gasteiger partial charge in [-0.2, -0.15) is 0 Å². The van der Waals surface area contributed by atoms with Crippen LogP contribution < -0.4 is 14.4 Å². The summed E-state index contributed by atoms with van der Waals surface area (Å²) in [7, 11) is 2.84. The van der Waals surface area contributed by atoms with Crippen LogP contribution in [-0.2, 0) is 14.3 Å². The minimum absolute atomic E-state index is 0.234. The second-order valence-electron chi connectivity index (χ2n) is 6.86. The van der Waals surface area contributed by atoms with Gasteiger partial charge in [0.15, 0.2) is 11.5 Å². The van der Waals surface area contributed by atoms with Crippen LogP contribution in [0.1, 0.15) is 12.5 Å². The molecule has 0 spiro atoms. The Balaban J connectivity index is 2.08. The molecule has 0 N–H and O–H groups in total. The molecule has 1 aliphatic rings. The number of anilines is 1. The number of hydrogen-bond donors (Lipinski definition) is 0. The Morgan fingerprint density at radius 1 is 1.16 bits per heavy atom. The van der Waals surface area contributed by atoms with Gasteiger partial charge in [0.25, 0.3) is 5.91 Å². The second kappa shape index (κ2) is 10.2. The first-order valence-corrected chi connectivity index (χ1v) is 11.1. The van der Waals surface area contributed by atoms with Gasteiger partial charge in [-0.05, 0) is 55.2 Å². The number of benzene rings is 2. The van der Waals surface area contributed by atoms with Crippen LogP contribution in [0.3, 0.4) is 0 Å². The van der Waals surface area contributed by atoms with E-state index in [1.807, 2.05) is 30.5 Å². The van der Waals surface area contributed by atoms with Gasteiger partial charge in [-0.1, -0.05) is 24.8 Å². The van der Waals surface area contributed by atoms with Crippen LogP contribution >= 0.6 is 11.8 Å². The van der Waals surface area contributed by atoms with Gasteiger partial charge in [0.1, 0.15) is 6.61 Å². The first-order chi connectivity index (χ1) is 15.4. The third kappa shape index (κ3) is 4.57. The molecule has 1 aliphatic heterocycles. The Hall–Kier alpha value is -3.45. The topological polar surface area (TPSA) is 65.1 Å². The number of ether oxygens (including phenoxy) is 3. The lowest BCUT2D eigenvalue weighted by molar-refractivity contribution is -0.136. The van der Waals surface area contributed by atoms with Crippen LogP contribution in [0, 0.1) is 0 Å². The molecule has 6 nitrogen and oxygen atoms in total. The van der Waals surface area contributed by atoms with Gasteiger partial charge in [0.2, 0.25) is 0 Å². The highest BCUT2D eigenvalue weighted by molar-refractivity contribution is 7.98. The van der Waals surface area contributed by atoms with Crippen molar-refractivity contribution in [2.45, 2.75) is 11.8 Å². The van der Waals surface area contributed by atoms with Crippen molar-refractivity contribution in [2.24, 2.45) is 0 Å². The molecule has 7 heteroatoms. The fraction of sp³-hybridized carbons (Fsp3) is 0.200. The number of nitrogens with zero attached hydrogens (tertiary/aromatic N) is 1. The molecule has 32 heavy (non-hydrogen) atoms. The number of carbonyl (C=O) groups is 2. The van der Waals surface area contributed by atoms with Gasteiger partial charge in [-0.15, -0.1) is 11.8 Å². The van der Waals surface area contributed by atoms with E-state index >= 15 is 0 Å². The zero-order valence-electron chi connectivity index (χ0n) is 18.5. The lowest BCUT2D eigenvalue weighted by Gasteiger charge is -2.18. The van der Waals surface area contributed by atoms with E-state index in [1.54, 1.807) is 49.0 Å². The number of allylic oxidation sites excluding steroid dienone is 1. The Kier molecular flexibility index (Phi) is 7.43. The molecular formula is C25H25NO5S. The van der Waals surface area contributed by atoms with E-state index < -0.39 is 5.97 Å². The molecule has 1 amide bonds. The Labute approximate surface area is 192 Å². The molecule has 2 aromatic rings. The van der Waals surface area contributed by atoms with E-state index in [4.69, 9.17) is 14.2 Å². The van der Waals surface area contributed by atoms with Crippen LogP contribution in [0.4, 0.5) is 5.69 Å². The lowest BCUT2D eigenvalue weighted by Crippen LogP contribution is -2.24. The molecule has 166 valence electrons. The number of hydrogen-bond acceptors (Lipinski definition) is 6.